The van der Waals surface area contributed by atoms with Crippen molar-refractivity contribution in [1.29, 1.82) is 0 Å². The Morgan fingerprint density at radius 3 is 1.92 bits per heavy atom. The fourth-order valence-electron chi connectivity index (χ4n) is 3.37. The van der Waals surface area contributed by atoms with Gasteiger partial charge in [0.2, 0.25) is 0 Å². The zero-order chi connectivity index (χ0) is 26.3. The number of carbonyl (C=O) groups is 2. The van der Waals surface area contributed by atoms with Crippen LogP contribution in [0, 0.1) is 0 Å². The van der Waals surface area contributed by atoms with Crippen LogP contribution >= 0.6 is 0 Å². The molecule has 36 heavy (non-hydrogen) atoms. The van der Waals surface area contributed by atoms with E-state index in [1.807, 2.05) is 0 Å². The molecule has 1 aromatic rings. The van der Waals surface area contributed by atoms with Gasteiger partial charge in [0.05, 0.1) is 13.2 Å². The summed E-state index contributed by atoms with van der Waals surface area (Å²) in [5, 5.41) is 18.8. The van der Waals surface area contributed by atoms with E-state index in [0.29, 0.717) is 19.3 Å². The number of aromatic hydroxyl groups is 2. The third-order valence-electron chi connectivity index (χ3n) is 5.49. The van der Waals surface area contributed by atoms with Crippen molar-refractivity contribution in [2.45, 2.75) is 90.4 Å². The molecule has 0 aromatic heterocycles. The number of phenols is 2. The summed E-state index contributed by atoms with van der Waals surface area (Å²) < 4.78 is 10.3. The Balaban J connectivity index is 1.93. The largest absolute Gasteiger partial charge is 0.504 e. The lowest BCUT2D eigenvalue weighted by atomic mass is 10.1. The van der Waals surface area contributed by atoms with E-state index in [1.54, 1.807) is 6.07 Å². The fourth-order valence-corrected chi connectivity index (χ4v) is 3.37. The Morgan fingerprint density at radius 1 is 0.722 bits per heavy atom. The third kappa shape index (κ3) is 17.4. The van der Waals surface area contributed by atoms with Crippen LogP contribution in [0.3, 0.4) is 0 Å². The number of rotatable bonds is 20. The number of unbranched alkanes of at least 4 members (excludes halogenated alkanes) is 5. The van der Waals surface area contributed by atoms with Gasteiger partial charge >= 0.3 is 11.9 Å². The number of esters is 2. The predicted molar refractivity (Wildman–Crippen MR) is 144 cm³/mol. The average Bonchev–Trinajstić information content (AvgIpc) is 2.86. The number of benzene rings is 1. The minimum atomic E-state index is -0.355. The summed E-state index contributed by atoms with van der Waals surface area (Å²) in [4.78, 5) is 23.6. The molecule has 0 unspecified atom stereocenters. The van der Waals surface area contributed by atoms with E-state index < -0.39 is 0 Å². The van der Waals surface area contributed by atoms with E-state index in [2.05, 4.69) is 43.4 Å². The molecular weight excluding hydrogens is 456 g/mol. The summed E-state index contributed by atoms with van der Waals surface area (Å²) in [6, 6.07) is 4.45. The molecule has 2 N–H and O–H groups in total. The minimum Gasteiger partial charge on any atom is -0.504 e. The van der Waals surface area contributed by atoms with Crippen molar-refractivity contribution in [3.8, 4) is 11.5 Å². The SMILES string of the molecule is CCCCC/C=C\C/C=C\C/C=C\CCCCC(=O)OCCCOC(=O)CCc1ccc(O)c(O)c1. The molecule has 1 aromatic carbocycles. The van der Waals surface area contributed by atoms with Crippen LogP contribution < -0.4 is 0 Å². The van der Waals surface area contributed by atoms with Gasteiger partial charge in [0, 0.05) is 19.3 Å². The molecule has 200 valence electrons. The monoisotopic (exact) mass is 500 g/mol. The van der Waals surface area contributed by atoms with E-state index in [1.165, 1.54) is 37.8 Å². The highest BCUT2D eigenvalue weighted by Gasteiger charge is 2.07. The second kappa shape index (κ2) is 21.3. The van der Waals surface area contributed by atoms with Gasteiger partial charge in [0.1, 0.15) is 0 Å². The first-order chi connectivity index (χ1) is 17.5. The molecule has 6 heteroatoms. The third-order valence-corrected chi connectivity index (χ3v) is 5.49. The Kier molecular flexibility index (Phi) is 18.3. The number of ether oxygens (including phenoxy) is 2. The lowest BCUT2D eigenvalue weighted by molar-refractivity contribution is -0.146. The van der Waals surface area contributed by atoms with Crippen LogP contribution in [0.5, 0.6) is 11.5 Å². The van der Waals surface area contributed by atoms with Crippen molar-refractivity contribution in [2.24, 2.45) is 0 Å². The van der Waals surface area contributed by atoms with Gasteiger partial charge in [-0.05, 0) is 69.1 Å². The summed E-state index contributed by atoms with van der Waals surface area (Å²) in [6.45, 7) is 2.65. The fraction of sp³-hybridized carbons (Fsp3) is 0.533. The van der Waals surface area contributed by atoms with Crippen LogP contribution in [0.25, 0.3) is 0 Å². The van der Waals surface area contributed by atoms with Crippen LogP contribution in [0.4, 0.5) is 0 Å². The molecule has 0 heterocycles. The van der Waals surface area contributed by atoms with Crippen molar-refractivity contribution < 1.29 is 29.3 Å². The van der Waals surface area contributed by atoms with E-state index in [4.69, 9.17) is 9.47 Å². The van der Waals surface area contributed by atoms with Gasteiger partial charge in [-0.15, -0.1) is 0 Å². The first-order valence-corrected chi connectivity index (χ1v) is 13.3. The molecular formula is C30H44O6. The van der Waals surface area contributed by atoms with E-state index in [-0.39, 0.29) is 43.1 Å². The number of allylic oxidation sites excluding steroid dienone is 6. The predicted octanol–water partition coefficient (Wildman–Crippen LogP) is 7.10. The normalized spacial score (nSPS) is 11.6. The number of hydrogen-bond acceptors (Lipinski definition) is 6. The molecule has 0 aliphatic rings. The second-order valence-corrected chi connectivity index (χ2v) is 8.74. The molecule has 0 saturated heterocycles. The minimum absolute atomic E-state index is 0.172. The summed E-state index contributed by atoms with van der Waals surface area (Å²) in [5.41, 5.74) is 0.736. The Bertz CT molecular complexity index is 825. The lowest BCUT2D eigenvalue weighted by Gasteiger charge is -2.07. The van der Waals surface area contributed by atoms with Gasteiger partial charge in [0.25, 0.3) is 0 Å². The quantitative estimate of drug-likeness (QED) is 0.0859. The molecule has 0 atom stereocenters. The Morgan fingerprint density at radius 2 is 1.31 bits per heavy atom. The summed E-state index contributed by atoms with van der Waals surface area (Å²) in [7, 11) is 0. The highest BCUT2D eigenvalue weighted by molar-refractivity contribution is 5.70. The van der Waals surface area contributed by atoms with Crippen molar-refractivity contribution in [1.82, 2.24) is 0 Å². The molecule has 0 saturated carbocycles. The van der Waals surface area contributed by atoms with Crippen LogP contribution in [-0.2, 0) is 25.5 Å². The van der Waals surface area contributed by atoms with Gasteiger partial charge < -0.3 is 19.7 Å². The van der Waals surface area contributed by atoms with Gasteiger partial charge in [-0.1, -0.05) is 62.3 Å². The molecule has 0 amide bonds. The smallest absolute Gasteiger partial charge is 0.306 e. The Labute approximate surface area is 216 Å². The molecule has 0 spiro atoms. The molecule has 0 aliphatic heterocycles. The number of carbonyl (C=O) groups excluding carboxylic acids is 2. The first-order valence-electron chi connectivity index (χ1n) is 13.3. The first kappa shape index (κ1) is 31.0. The van der Waals surface area contributed by atoms with Gasteiger partial charge in [-0.3, -0.25) is 9.59 Å². The Hall–Kier alpha value is -3.02. The van der Waals surface area contributed by atoms with Crippen molar-refractivity contribution in [3.05, 3.63) is 60.2 Å². The van der Waals surface area contributed by atoms with Crippen molar-refractivity contribution in [3.63, 3.8) is 0 Å². The van der Waals surface area contributed by atoms with E-state index >= 15 is 0 Å². The number of aryl methyl sites for hydroxylation is 1. The summed E-state index contributed by atoms with van der Waals surface area (Å²) in [5.74, 6) is -0.975. The molecule has 6 nitrogen and oxygen atoms in total. The average molecular weight is 501 g/mol. The highest BCUT2D eigenvalue weighted by Crippen LogP contribution is 2.25. The molecule has 0 fully saturated rings. The number of hydrogen-bond donors (Lipinski definition) is 2. The van der Waals surface area contributed by atoms with Crippen LogP contribution in [0.1, 0.15) is 89.5 Å². The maximum absolute atomic E-state index is 11.8. The van der Waals surface area contributed by atoms with Gasteiger partial charge in [0.15, 0.2) is 11.5 Å². The van der Waals surface area contributed by atoms with Crippen LogP contribution in [0.15, 0.2) is 54.7 Å². The van der Waals surface area contributed by atoms with Gasteiger partial charge in [-0.25, -0.2) is 0 Å². The van der Waals surface area contributed by atoms with Crippen molar-refractivity contribution in [2.75, 3.05) is 13.2 Å². The van der Waals surface area contributed by atoms with Crippen LogP contribution in [0.2, 0.25) is 0 Å². The standard InChI is InChI=1S/C30H44O6/c1-2-3-4-5-6-7-8-9-10-11-12-13-14-15-16-18-29(33)35-23-17-24-36-30(34)22-20-26-19-21-27(31)28(32)25-26/h6-7,9-10,12-13,19,21,25,31-32H,2-5,8,11,14-18,20,22-24H2,1H3/b7-6-,10-9-,13-12-. The van der Waals surface area contributed by atoms with Crippen molar-refractivity contribution >= 4 is 11.9 Å². The maximum Gasteiger partial charge on any atom is 0.306 e. The topological polar surface area (TPSA) is 93.1 Å². The number of phenolic OH excluding ortho intramolecular Hbond substituents is 2. The van der Waals surface area contributed by atoms with Gasteiger partial charge in [-0.2, -0.15) is 0 Å². The lowest BCUT2D eigenvalue weighted by Crippen LogP contribution is -2.11. The zero-order valence-electron chi connectivity index (χ0n) is 21.8. The molecule has 0 radical (unpaired) electrons. The summed E-state index contributed by atoms with van der Waals surface area (Å²) >= 11 is 0. The molecule has 1 rings (SSSR count). The highest BCUT2D eigenvalue weighted by atomic mass is 16.5. The molecule has 0 bridgehead atoms. The zero-order valence-corrected chi connectivity index (χ0v) is 21.8. The summed E-state index contributed by atoms with van der Waals surface area (Å²) in [6.07, 6.45) is 24.3. The van der Waals surface area contributed by atoms with E-state index in [0.717, 1.165) is 37.7 Å². The second-order valence-electron chi connectivity index (χ2n) is 8.74. The maximum atomic E-state index is 11.8. The van der Waals surface area contributed by atoms with E-state index in [9.17, 15) is 19.8 Å². The van der Waals surface area contributed by atoms with Crippen LogP contribution in [-0.4, -0.2) is 35.4 Å². The molecule has 0 aliphatic carbocycles.